The first-order chi connectivity index (χ1) is 8.10. The van der Waals surface area contributed by atoms with Gasteiger partial charge in [-0.25, -0.2) is 0 Å². The number of alkyl halides is 1. The van der Waals surface area contributed by atoms with Crippen LogP contribution in [0.1, 0.15) is 42.1 Å². The molecule has 0 aliphatic heterocycles. The van der Waals surface area contributed by atoms with Crippen LogP contribution in [0.5, 0.6) is 0 Å². The zero-order valence-corrected chi connectivity index (χ0v) is 11.9. The van der Waals surface area contributed by atoms with E-state index < -0.39 is 0 Å². The highest BCUT2D eigenvalue weighted by molar-refractivity contribution is 7.07. The van der Waals surface area contributed by atoms with Crippen LogP contribution in [-0.4, -0.2) is 27.4 Å². The second kappa shape index (κ2) is 6.91. The summed E-state index contributed by atoms with van der Waals surface area (Å²) in [5.41, 5.74) is 0.668. The van der Waals surface area contributed by atoms with Gasteiger partial charge in [-0.15, -0.1) is 16.7 Å². The third-order valence-corrected chi connectivity index (χ3v) is 4.21. The molecular formula is C11H18ClN3OS. The first kappa shape index (κ1) is 14.4. The first-order valence-corrected chi connectivity index (χ1v) is 7.02. The number of rotatable bonds is 6. The molecular weight excluding hydrogens is 258 g/mol. The van der Waals surface area contributed by atoms with Crippen LogP contribution < -0.4 is 5.32 Å². The molecule has 4 nitrogen and oxygen atoms in total. The SMILES string of the molecule is CCC(CC)C(Cl)CNC(=O)c1snnc1C. The molecule has 0 saturated heterocycles. The van der Waals surface area contributed by atoms with Gasteiger partial charge in [-0.05, 0) is 24.4 Å². The topological polar surface area (TPSA) is 54.9 Å². The van der Waals surface area contributed by atoms with Crippen LogP contribution in [0.15, 0.2) is 0 Å². The Balaban J connectivity index is 2.46. The summed E-state index contributed by atoms with van der Waals surface area (Å²) in [7, 11) is 0. The van der Waals surface area contributed by atoms with E-state index >= 15 is 0 Å². The first-order valence-electron chi connectivity index (χ1n) is 5.81. The molecule has 1 unspecified atom stereocenters. The third kappa shape index (κ3) is 3.92. The zero-order valence-electron chi connectivity index (χ0n) is 10.4. The van der Waals surface area contributed by atoms with E-state index in [4.69, 9.17) is 11.6 Å². The fourth-order valence-electron chi connectivity index (χ4n) is 1.68. The van der Waals surface area contributed by atoms with Crippen molar-refractivity contribution in [3.63, 3.8) is 0 Å². The van der Waals surface area contributed by atoms with Gasteiger partial charge >= 0.3 is 0 Å². The minimum atomic E-state index is -0.130. The predicted molar refractivity (Wildman–Crippen MR) is 70.7 cm³/mol. The smallest absolute Gasteiger partial charge is 0.264 e. The molecule has 0 fully saturated rings. The van der Waals surface area contributed by atoms with Crippen LogP contribution in [0.25, 0.3) is 0 Å². The number of aromatic nitrogens is 2. The standard InChI is InChI=1S/C11H18ClN3OS/c1-4-8(5-2)9(12)6-13-11(16)10-7(3)14-15-17-10/h8-9H,4-6H2,1-3H3,(H,13,16). The van der Waals surface area contributed by atoms with E-state index in [9.17, 15) is 4.79 Å². The predicted octanol–water partition coefficient (Wildman–Crippen LogP) is 2.62. The molecule has 0 radical (unpaired) electrons. The molecule has 0 aliphatic rings. The lowest BCUT2D eigenvalue weighted by Gasteiger charge is -2.19. The zero-order chi connectivity index (χ0) is 12.8. The maximum Gasteiger partial charge on any atom is 0.264 e. The summed E-state index contributed by atoms with van der Waals surface area (Å²) < 4.78 is 3.74. The number of aryl methyl sites for hydroxylation is 1. The molecule has 96 valence electrons. The Morgan fingerprint density at radius 3 is 2.59 bits per heavy atom. The van der Waals surface area contributed by atoms with Gasteiger partial charge in [-0.1, -0.05) is 31.2 Å². The second-order valence-corrected chi connectivity index (χ2v) is 5.30. The van der Waals surface area contributed by atoms with E-state index in [0.717, 1.165) is 24.4 Å². The number of nitrogens with one attached hydrogen (secondary N) is 1. The average molecular weight is 276 g/mol. The molecule has 0 saturated carbocycles. The van der Waals surface area contributed by atoms with Crippen LogP contribution in [0.2, 0.25) is 0 Å². The van der Waals surface area contributed by atoms with Crippen molar-refractivity contribution in [3.8, 4) is 0 Å². The molecule has 1 heterocycles. The lowest BCUT2D eigenvalue weighted by Crippen LogP contribution is -2.33. The van der Waals surface area contributed by atoms with E-state index in [1.807, 2.05) is 0 Å². The number of amides is 1. The summed E-state index contributed by atoms with van der Waals surface area (Å²) in [5, 5.41) is 6.62. The van der Waals surface area contributed by atoms with Gasteiger partial charge in [0.25, 0.3) is 5.91 Å². The van der Waals surface area contributed by atoms with Crippen LogP contribution in [-0.2, 0) is 0 Å². The van der Waals surface area contributed by atoms with Crippen molar-refractivity contribution in [3.05, 3.63) is 10.6 Å². The largest absolute Gasteiger partial charge is 0.350 e. The molecule has 6 heteroatoms. The summed E-state index contributed by atoms with van der Waals surface area (Å²) in [5.74, 6) is 0.312. The van der Waals surface area contributed by atoms with Gasteiger partial charge < -0.3 is 5.32 Å². The van der Waals surface area contributed by atoms with Gasteiger partial charge in [0.05, 0.1) is 11.1 Å². The van der Waals surface area contributed by atoms with E-state index in [0.29, 0.717) is 23.0 Å². The number of hydrogen-bond donors (Lipinski definition) is 1. The number of carbonyl (C=O) groups is 1. The van der Waals surface area contributed by atoms with Gasteiger partial charge in [0.1, 0.15) is 4.88 Å². The maximum atomic E-state index is 11.8. The van der Waals surface area contributed by atoms with Crippen molar-refractivity contribution in [2.24, 2.45) is 5.92 Å². The Hall–Kier alpha value is -0.680. The van der Waals surface area contributed by atoms with Crippen molar-refractivity contribution in [1.29, 1.82) is 0 Å². The van der Waals surface area contributed by atoms with Gasteiger partial charge in [0, 0.05) is 6.54 Å². The van der Waals surface area contributed by atoms with Crippen molar-refractivity contribution >= 4 is 29.0 Å². The summed E-state index contributed by atoms with van der Waals surface area (Å²) in [6, 6.07) is 0. The fraction of sp³-hybridized carbons (Fsp3) is 0.727. The van der Waals surface area contributed by atoms with Gasteiger partial charge in [0.15, 0.2) is 0 Å². The minimum Gasteiger partial charge on any atom is -0.350 e. The Morgan fingerprint density at radius 1 is 1.47 bits per heavy atom. The summed E-state index contributed by atoms with van der Waals surface area (Å²) >= 11 is 7.36. The fourth-order valence-corrected chi connectivity index (χ4v) is 2.68. The summed E-state index contributed by atoms with van der Waals surface area (Å²) in [6.07, 6.45) is 2.06. The molecule has 1 aromatic rings. The highest BCUT2D eigenvalue weighted by Gasteiger charge is 2.18. The molecule has 1 aromatic heterocycles. The number of hydrogen-bond acceptors (Lipinski definition) is 4. The Kier molecular flexibility index (Phi) is 5.85. The molecule has 17 heavy (non-hydrogen) atoms. The van der Waals surface area contributed by atoms with Crippen molar-refractivity contribution in [2.45, 2.75) is 39.0 Å². The minimum absolute atomic E-state index is 0.0184. The normalized spacial score (nSPS) is 12.8. The molecule has 1 atom stereocenters. The molecule has 1 rings (SSSR count). The van der Waals surface area contributed by atoms with Crippen molar-refractivity contribution < 1.29 is 4.79 Å². The van der Waals surface area contributed by atoms with Crippen LogP contribution in [0, 0.1) is 12.8 Å². The van der Waals surface area contributed by atoms with Crippen LogP contribution in [0.4, 0.5) is 0 Å². The number of carbonyl (C=O) groups excluding carboxylic acids is 1. The Morgan fingerprint density at radius 2 is 2.12 bits per heavy atom. The molecule has 1 N–H and O–H groups in total. The van der Waals surface area contributed by atoms with Crippen LogP contribution in [0.3, 0.4) is 0 Å². The van der Waals surface area contributed by atoms with Gasteiger partial charge in [0.2, 0.25) is 0 Å². The Bertz CT molecular complexity index is 365. The van der Waals surface area contributed by atoms with Gasteiger partial charge in [-0.3, -0.25) is 4.79 Å². The molecule has 1 amide bonds. The van der Waals surface area contributed by atoms with Gasteiger partial charge in [-0.2, -0.15) is 0 Å². The highest BCUT2D eigenvalue weighted by atomic mass is 35.5. The quantitative estimate of drug-likeness (QED) is 0.812. The van der Waals surface area contributed by atoms with E-state index in [1.165, 1.54) is 0 Å². The van der Waals surface area contributed by atoms with Crippen molar-refractivity contribution in [2.75, 3.05) is 6.54 Å². The second-order valence-electron chi connectivity index (χ2n) is 3.99. The van der Waals surface area contributed by atoms with Crippen LogP contribution >= 0.6 is 23.1 Å². The Labute approximate surface area is 111 Å². The summed E-state index contributed by atoms with van der Waals surface area (Å²) in [6.45, 7) is 6.49. The van der Waals surface area contributed by atoms with Crippen molar-refractivity contribution in [1.82, 2.24) is 14.9 Å². The highest BCUT2D eigenvalue weighted by Crippen LogP contribution is 2.18. The number of halogens is 1. The summed E-state index contributed by atoms with van der Waals surface area (Å²) in [4.78, 5) is 12.4. The molecule has 0 aromatic carbocycles. The maximum absolute atomic E-state index is 11.8. The molecule has 0 aliphatic carbocycles. The van der Waals surface area contributed by atoms with E-state index in [-0.39, 0.29) is 11.3 Å². The van der Waals surface area contributed by atoms with E-state index in [2.05, 4.69) is 28.8 Å². The molecule has 0 spiro atoms. The average Bonchev–Trinajstić information content (AvgIpc) is 2.74. The van der Waals surface area contributed by atoms with E-state index in [1.54, 1.807) is 6.92 Å². The lowest BCUT2D eigenvalue weighted by molar-refractivity contribution is 0.0955. The third-order valence-electron chi connectivity index (χ3n) is 2.88. The monoisotopic (exact) mass is 275 g/mol. The molecule has 0 bridgehead atoms. The number of nitrogens with zero attached hydrogens (tertiary/aromatic N) is 2. The lowest BCUT2D eigenvalue weighted by atomic mass is 9.99.